The highest BCUT2D eigenvalue weighted by Crippen LogP contribution is 2.42. The zero-order chi connectivity index (χ0) is 21.8. The molecule has 1 amide bonds. The van der Waals surface area contributed by atoms with E-state index >= 15 is 0 Å². The van der Waals surface area contributed by atoms with Crippen LogP contribution in [0.1, 0.15) is 49.9 Å². The molecule has 3 heterocycles. The number of hydrogen-bond donors (Lipinski definition) is 1. The van der Waals surface area contributed by atoms with Crippen LogP contribution in [-0.4, -0.2) is 46.4 Å². The van der Waals surface area contributed by atoms with E-state index in [1.807, 2.05) is 36.9 Å². The van der Waals surface area contributed by atoms with E-state index in [-0.39, 0.29) is 17.8 Å². The second-order valence-corrected chi connectivity index (χ2v) is 9.14. The Kier molecular flexibility index (Phi) is 6.75. The Bertz CT molecular complexity index is 960. The maximum absolute atomic E-state index is 13.1. The predicted molar refractivity (Wildman–Crippen MR) is 120 cm³/mol. The molecule has 0 radical (unpaired) electrons. The molecule has 2 aliphatic rings. The molecular formula is C23H28N4O3S. The summed E-state index contributed by atoms with van der Waals surface area (Å²) in [7, 11) is 0. The Morgan fingerprint density at radius 2 is 2.03 bits per heavy atom. The van der Waals surface area contributed by atoms with Gasteiger partial charge >= 0.3 is 5.97 Å². The minimum Gasteiger partial charge on any atom is -0.466 e. The summed E-state index contributed by atoms with van der Waals surface area (Å²) in [6.07, 6.45) is 7.13. The number of fused-ring (bicyclic) bond motifs is 2. The number of esters is 1. The number of rotatable bonds is 6. The van der Waals surface area contributed by atoms with Crippen molar-refractivity contribution in [3.63, 3.8) is 0 Å². The molecule has 1 aromatic carbocycles. The van der Waals surface area contributed by atoms with Crippen molar-refractivity contribution in [3.8, 4) is 0 Å². The summed E-state index contributed by atoms with van der Waals surface area (Å²) in [5.41, 5.74) is 1.58. The van der Waals surface area contributed by atoms with Gasteiger partial charge in [-0.1, -0.05) is 18.7 Å². The van der Waals surface area contributed by atoms with E-state index < -0.39 is 0 Å². The smallest absolute Gasteiger partial charge is 0.308 e. The number of piperidine rings is 1. The highest BCUT2D eigenvalue weighted by Gasteiger charge is 2.26. The number of hydrogen-bond acceptors (Lipinski definition) is 7. The van der Waals surface area contributed by atoms with Crippen molar-refractivity contribution < 1.29 is 14.3 Å². The van der Waals surface area contributed by atoms with Crippen LogP contribution in [0.3, 0.4) is 0 Å². The van der Waals surface area contributed by atoms with Crippen molar-refractivity contribution in [2.45, 2.75) is 49.5 Å². The first-order valence-electron chi connectivity index (χ1n) is 10.9. The van der Waals surface area contributed by atoms with Crippen molar-refractivity contribution in [2.24, 2.45) is 11.8 Å². The SMILES string of the molecule is CCOC(=O)C(C)CCC1CCN(C(=O)c2ccc3c(c2)Nc2nccnc2S3)CC1. The average Bonchev–Trinajstić information content (AvgIpc) is 2.80. The zero-order valence-electron chi connectivity index (χ0n) is 18.0. The quantitative estimate of drug-likeness (QED) is 0.564. The first-order chi connectivity index (χ1) is 15.0. The first kappa shape index (κ1) is 21.6. The second kappa shape index (κ2) is 9.68. The highest BCUT2D eigenvalue weighted by atomic mass is 32.2. The number of anilines is 2. The molecule has 2 aromatic rings. The first-order valence-corrected chi connectivity index (χ1v) is 11.7. The summed E-state index contributed by atoms with van der Waals surface area (Å²) in [6.45, 7) is 5.71. The Morgan fingerprint density at radius 3 is 2.81 bits per heavy atom. The van der Waals surface area contributed by atoms with Crippen LogP contribution in [0.5, 0.6) is 0 Å². The third-order valence-electron chi connectivity index (χ3n) is 5.95. The van der Waals surface area contributed by atoms with Gasteiger partial charge in [0.05, 0.1) is 18.2 Å². The summed E-state index contributed by atoms with van der Waals surface area (Å²) in [5.74, 6) is 1.18. The van der Waals surface area contributed by atoms with Crippen molar-refractivity contribution in [2.75, 3.05) is 25.0 Å². The van der Waals surface area contributed by atoms with E-state index in [0.717, 1.165) is 60.2 Å². The number of likely N-dealkylation sites (tertiary alicyclic amines) is 1. The van der Waals surface area contributed by atoms with Gasteiger partial charge in [-0.25, -0.2) is 9.97 Å². The number of benzene rings is 1. The normalized spacial score (nSPS) is 16.6. The molecule has 1 atom stereocenters. The third kappa shape index (κ3) is 5.01. The maximum Gasteiger partial charge on any atom is 0.308 e. The number of carbonyl (C=O) groups is 2. The Balaban J connectivity index is 1.31. The third-order valence-corrected chi connectivity index (χ3v) is 7.02. The number of amides is 1. The fraction of sp³-hybridized carbons (Fsp3) is 0.478. The van der Waals surface area contributed by atoms with Crippen LogP contribution in [0, 0.1) is 11.8 Å². The lowest BCUT2D eigenvalue weighted by Crippen LogP contribution is -2.38. The van der Waals surface area contributed by atoms with E-state index in [9.17, 15) is 9.59 Å². The number of nitrogens with one attached hydrogen (secondary N) is 1. The van der Waals surface area contributed by atoms with Gasteiger partial charge in [0.2, 0.25) is 0 Å². The van der Waals surface area contributed by atoms with Crippen LogP contribution in [-0.2, 0) is 9.53 Å². The van der Waals surface area contributed by atoms with Crippen LogP contribution in [0.25, 0.3) is 0 Å². The summed E-state index contributed by atoms with van der Waals surface area (Å²) in [4.78, 5) is 36.5. The summed E-state index contributed by atoms with van der Waals surface area (Å²) < 4.78 is 5.09. The molecule has 4 rings (SSSR count). The number of ether oxygens (including phenoxy) is 1. The van der Waals surface area contributed by atoms with Gasteiger partial charge in [0.15, 0.2) is 5.82 Å². The molecule has 7 nitrogen and oxygen atoms in total. The maximum atomic E-state index is 13.1. The topological polar surface area (TPSA) is 84.4 Å². The highest BCUT2D eigenvalue weighted by molar-refractivity contribution is 7.99. The van der Waals surface area contributed by atoms with Crippen molar-refractivity contribution in [1.29, 1.82) is 0 Å². The van der Waals surface area contributed by atoms with E-state index in [1.165, 1.54) is 0 Å². The van der Waals surface area contributed by atoms with Gasteiger partial charge in [-0.2, -0.15) is 0 Å². The minimum absolute atomic E-state index is 0.0599. The summed E-state index contributed by atoms with van der Waals surface area (Å²) in [5, 5.41) is 4.13. The Labute approximate surface area is 187 Å². The van der Waals surface area contributed by atoms with Gasteiger partial charge in [0.25, 0.3) is 5.91 Å². The molecule has 2 aliphatic heterocycles. The van der Waals surface area contributed by atoms with Crippen LogP contribution >= 0.6 is 11.8 Å². The van der Waals surface area contributed by atoms with Gasteiger partial charge in [0.1, 0.15) is 5.03 Å². The lowest BCUT2D eigenvalue weighted by molar-refractivity contribution is -0.147. The predicted octanol–water partition coefficient (Wildman–Crippen LogP) is 4.52. The number of nitrogens with zero attached hydrogens (tertiary/aromatic N) is 3. The van der Waals surface area contributed by atoms with Crippen LogP contribution in [0.15, 0.2) is 40.5 Å². The van der Waals surface area contributed by atoms with Gasteiger partial charge in [-0.05, 0) is 56.7 Å². The number of aromatic nitrogens is 2. The molecule has 0 bridgehead atoms. The molecular weight excluding hydrogens is 412 g/mol. The molecule has 1 saturated heterocycles. The fourth-order valence-corrected chi connectivity index (χ4v) is 4.94. The monoisotopic (exact) mass is 440 g/mol. The Morgan fingerprint density at radius 1 is 1.26 bits per heavy atom. The molecule has 1 aromatic heterocycles. The van der Waals surface area contributed by atoms with Crippen molar-refractivity contribution in [1.82, 2.24) is 14.9 Å². The molecule has 1 fully saturated rings. The molecule has 1 N–H and O–H groups in total. The van der Waals surface area contributed by atoms with E-state index in [4.69, 9.17) is 4.74 Å². The van der Waals surface area contributed by atoms with Gasteiger partial charge in [-0.3, -0.25) is 9.59 Å². The van der Waals surface area contributed by atoms with Gasteiger partial charge in [0, 0.05) is 35.9 Å². The molecule has 0 spiro atoms. The summed E-state index contributed by atoms with van der Waals surface area (Å²) in [6, 6.07) is 5.78. The molecule has 8 heteroatoms. The van der Waals surface area contributed by atoms with Crippen molar-refractivity contribution >= 4 is 35.1 Å². The van der Waals surface area contributed by atoms with Crippen LogP contribution < -0.4 is 5.32 Å². The number of carbonyl (C=O) groups excluding carboxylic acids is 2. The molecule has 0 aliphatic carbocycles. The molecule has 164 valence electrons. The lowest BCUT2D eigenvalue weighted by Gasteiger charge is -2.32. The van der Waals surface area contributed by atoms with E-state index in [0.29, 0.717) is 18.1 Å². The van der Waals surface area contributed by atoms with Gasteiger partial charge in [-0.15, -0.1) is 0 Å². The van der Waals surface area contributed by atoms with Crippen molar-refractivity contribution in [3.05, 3.63) is 36.2 Å². The van der Waals surface area contributed by atoms with E-state index in [1.54, 1.807) is 24.2 Å². The summed E-state index contributed by atoms with van der Waals surface area (Å²) >= 11 is 1.56. The standard InChI is InChI=1S/C23H28N4O3S/c1-3-30-23(29)15(2)4-5-16-8-12-27(13-9-16)22(28)17-6-7-19-18(14-17)26-20-21(31-19)25-11-10-24-20/h6-7,10-11,14-16H,3-5,8-9,12-13H2,1-2H3,(H,24,26). The van der Waals surface area contributed by atoms with Crippen LogP contribution in [0.4, 0.5) is 11.5 Å². The molecule has 31 heavy (non-hydrogen) atoms. The zero-order valence-corrected chi connectivity index (χ0v) is 18.8. The van der Waals surface area contributed by atoms with Gasteiger partial charge < -0.3 is 15.0 Å². The molecule has 0 saturated carbocycles. The molecule has 1 unspecified atom stereocenters. The second-order valence-electron chi connectivity index (χ2n) is 8.11. The largest absolute Gasteiger partial charge is 0.466 e. The van der Waals surface area contributed by atoms with E-state index in [2.05, 4.69) is 15.3 Å². The Hall–Kier alpha value is -2.61. The fourth-order valence-electron chi connectivity index (χ4n) is 4.06. The van der Waals surface area contributed by atoms with Crippen LogP contribution in [0.2, 0.25) is 0 Å². The lowest BCUT2D eigenvalue weighted by atomic mass is 9.89. The average molecular weight is 441 g/mol. The minimum atomic E-state index is -0.108.